The van der Waals surface area contributed by atoms with Gasteiger partial charge in [-0.1, -0.05) is 6.42 Å². The summed E-state index contributed by atoms with van der Waals surface area (Å²) in [4.78, 5) is 34.9. The maximum Gasteiger partial charge on any atom is 0.253 e. The number of hydrogen-bond donors (Lipinski definition) is 2. The van der Waals surface area contributed by atoms with Gasteiger partial charge < -0.3 is 24.7 Å². The summed E-state index contributed by atoms with van der Waals surface area (Å²) in [7, 11) is 6.61. The highest BCUT2D eigenvalue weighted by Crippen LogP contribution is 2.33. The number of fused-ring (bicyclic) bond motifs is 1. The molecule has 1 heterocycles. The largest absolute Gasteiger partial charge is 0.497 e. The number of aromatic amines is 1. The van der Waals surface area contributed by atoms with E-state index in [4.69, 9.17) is 14.5 Å². The molecule has 2 unspecified atom stereocenters. The third kappa shape index (κ3) is 4.94. The Hall–Kier alpha value is -3.55. The summed E-state index contributed by atoms with van der Waals surface area (Å²) in [5.74, 6) is 2.09. The maximum absolute atomic E-state index is 12.9. The second kappa shape index (κ2) is 9.52. The molecule has 2 amide bonds. The predicted molar refractivity (Wildman–Crippen MR) is 126 cm³/mol. The van der Waals surface area contributed by atoms with E-state index in [0.29, 0.717) is 22.6 Å². The van der Waals surface area contributed by atoms with Gasteiger partial charge in [-0.15, -0.1) is 0 Å². The van der Waals surface area contributed by atoms with Crippen molar-refractivity contribution in [1.82, 2.24) is 20.2 Å². The number of rotatable bonds is 6. The van der Waals surface area contributed by atoms with Gasteiger partial charge in [-0.05, 0) is 49.6 Å². The minimum Gasteiger partial charge on any atom is -0.497 e. The number of hydrogen-bond acceptors (Lipinski definition) is 5. The Labute approximate surface area is 193 Å². The van der Waals surface area contributed by atoms with E-state index in [-0.39, 0.29) is 23.8 Å². The number of nitrogens with zero attached hydrogens (tertiary/aromatic N) is 2. The second-order valence-corrected chi connectivity index (χ2v) is 8.69. The molecule has 0 spiro atoms. The van der Waals surface area contributed by atoms with Crippen molar-refractivity contribution < 1.29 is 19.1 Å². The Bertz CT molecular complexity index is 1150. The molecule has 0 saturated heterocycles. The van der Waals surface area contributed by atoms with Crippen molar-refractivity contribution in [3.05, 3.63) is 53.3 Å². The van der Waals surface area contributed by atoms with Crippen LogP contribution >= 0.6 is 0 Å². The van der Waals surface area contributed by atoms with Crippen LogP contribution in [0, 0.1) is 0 Å². The Balaban J connectivity index is 1.48. The molecule has 2 N–H and O–H groups in total. The zero-order valence-corrected chi connectivity index (χ0v) is 19.5. The van der Waals surface area contributed by atoms with E-state index < -0.39 is 0 Å². The van der Waals surface area contributed by atoms with Crippen LogP contribution in [0.1, 0.15) is 58.1 Å². The molecule has 1 aliphatic carbocycles. The highest BCUT2D eigenvalue weighted by molar-refractivity contribution is 5.97. The minimum atomic E-state index is -0.144. The van der Waals surface area contributed by atoms with Crippen LogP contribution in [0.15, 0.2) is 36.4 Å². The van der Waals surface area contributed by atoms with Crippen molar-refractivity contribution in [3.63, 3.8) is 0 Å². The minimum absolute atomic E-state index is 0.0392. The monoisotopic (exact) mass is 450 g/mol. The van der Waals surface area contributed by atoms with Gasteiger partial charge in [-0.2, -0.15) is 0 Å². The number of aromatic nitrogens is 2. The summed E-state index contributed by atoms with van der Waals surface area (Å²) in [6.07, 6.45) is 3.72. The Kier molecular flexibility index (Phi) is 6.53. The van der Waals surface area contributed by atoms with E-state index in [9.17, 15) is 9.59 Å². The lowest BCUT2D eigenvalue weighted by molar-refractivity contribution is 0.0827. The fraction of sp³-hybridized carbons (Fsp3) is 0.400. The lowest BCUT2D eigenvalue weighted by Crippen LogP contribution is -2.38. The zero-order valence-electron chi connectivity index (χ0n) is 19.5. The summed E-state index contributed by atoms with van der Waals surface area (Å²) in [6, 6.07) is 10.8. The number of H-pyrrole nitrogens is 1. The summed E-state index contributed by atoms with van der Waals surface area (Å²) in [5.41, 5.74) is 2.84. The van der Waals surface area contributed by atoms with Crippen LogP contribution in [0.25, 0.3) is 11.0 Å². The van der Waals surface area contributed by atoms with Gasteiger partial charge in [0.15, 0.2) is 0 Å². The van der Waals surface area contributed by atoms with Gasteiger partial charge in [0.1, 0.15) is 17.3 Å². The number of amides is 2. The first-order valence-electron chi connectivity index (χ1n) is 11.1. The molecule has 0 radical (unpaired) electrons. The van der Waals surface area contributed by atoms with Crippen LogP contribution < -0.4 is 14.8 Å². The normalized spacial score (nSPS) is 18.1. The number of ether oxygens (including phenoxy) is 2. The first-order valence-corrected chi connectivity index (χ1v) is 11.1. The molecule has 3 aromatic rings. The SMILES string of the molecule is COc1cc(OC)cc(C(=O)NC2CCCC(c3nc4ccc(C(=O)N(C)C)cc4[nH]3)C2)c1. The first kappa shape index (κ1) is 22.6. The summed E-state index contributed by atoms with van der Waals surface area (Å²) in [6.45, 7) is 0. The van der Waals surface area contributed by atoms with Crippen LogP contribution in [0.3, 0.4) is 0 Å². The molecule has 33 heavy (non-hydrogen) atoms. The Morgan fingerprint density at radius 2 is 1.76 bits per heavy atom. The van der Waals surface area contributed by atoms with E-state index >= 15 is 0 Å². The van der Waals surface area contributed by atoms with E-state index in [2.05, 4.69) is 10.3 Å². The predicted octanol–water partition coefficient (Wildman–Crippen LogP) is 3.74. The van der Waals surface area contributed by atoms with Crippen molar-refractivity contribution in [2.24, 2.45) is 0 Å². The topological polar surface area (TPSA) is 96.6 Å². The maximum atomic E-state index is 12.9. The second-order valence-electron chi connectivity index (χ2n) is 8.69. The van der Waals surface area contributed by atoms with Crippen molar-refractivity contribution >= 4 is 22.8 Å². The fourth-order valence-electron chi connectivity index (χ4n) is 4.39. The van der Waals surface area contributed by atoms with Crippen molar-refractivity contribution in [1.29, 1.82) is 0 Å². The number of imidazole rings is 1. The molecule has 1 saturated carbocycles. The van der Waals surface area contributed by atoms with E-state index in [1.165, 1.54) is 0 Å². The van der Waals surface area contributed by atoms with Gasteiger partial charge in [0.2, 0.25) is 0 Å². The van der Waals surface area contributed by atoms with Gasteiger partial charge in [-0.3, -0.25) is 9.59 Å². The van der Waals surface area contributed by atoms with Crippen LogP contribution in [-0.2, 0) is 0 Å². The number of carbonyl (C=O) groups excluding carboxylic acids is 2. The van der Waals surface area contributed by atoms with Crippen molar-refractivity contribution in [2.45, 2.75) is 37.6 Å². The highest BCUT2D eigenvalue weighted by atomic mass is 16.5. The van der Waals surface area contributed by atoms with Gasteiger partial charge in [-0.25, -0.2) is 4.98 Å². The van der Waals surface area contributed by atoms with E-state index in [0.717, 1.165) is 42.5 Å². The molecule has 0 bridgehead atoms. The zero-order chi connectivity index (χ0) is 23.5. The third-order valence-corrected chi connectivity index (χ3v) is 6.16. The summed E-state index contributed by atoms with van der Waals surface area (Å²) >= 11 is 0. The fourth-order valence-corrected chi connectivity index (χ4v) is 4.39. The number of carbonyl (C=O) groups is 2. The van der Waals surface area contributed by atoms with Gasteiger partial charge in [0, 0.05) is 43.2 Å². The van der Waals surface area contributed by atoms with Gasteiger partial charge in [0.05, 0.1) is 25.3 Å². The molecular formula is C25H30N4O4. The molecule has 2 aromatic carbocycles. The standard InChI is InChI=1S/C25H30N4O4/c1-29(2)25(31)16-8-9-21-22(13-16)28-23(27-21)15-6-5-7-18(10-15)26-24(30)17-11-19(32-3)14-20(12-17)33-4/h8-9,11-15,18H,5-7,10H2,1-4H3,(H,26,30)(H,27,28). The number of nitrogens with one attached hydrogen (secondary N) is 2. The Morgan fingerprint density at radius 1 is 1.03 bits per heavy atom. The van der Waals surface area contributed by atoms with Crippen LogP contribution in [-0.4, -0.2) is 61.0 Å². The molecule has 8 nitrogen and oxygen atoms in total. The highest BCUT2D eigenvalue weighted by Gasteiger charge is 2.27. The van der Waals surface area contributed by atoms with Gasteiger partial charge >= 0.3 is 0 Å². The van der Waals surface area contributed by atoms with E-state index in [1.54, 1.807) is 51.4 Å². The molecule has 8 heteroatoms. The number of benzene rings is 2. The summed E-state index contributed by atoms with van der Waals surface area (Å²) in [5, 5.41) is 3.17. The lowest BCUT2D eigenvalue weighted by Gasteiger charge is -2.28. The van der Waals surface area contributed by atoms with E-state index in [1.807, 2.05) is 18.2 Å². The molecule has 2 atom stereocenters. The first-order chi connectivity index (χ1) is 15.9. The molecule has 4 rings (SSSR count). The molecule has 1 aliphatic rings. The molecule has 1 fully saturated rings. The molecule has 0 aliphatic heterocycles. The molecule has 174 valence electrons. The summed E-state index contributed by atoms with van der Waals surface area (Å²) < 4.78 is 10.6. The smallest absolute Gasteiger partial charge is 0.253 e. The van der Waals surface area contributed by atoms with Crippen LogP contribution in [0.2, 0.25) is 0 Å². The van der Waals surface area contributed by atoms with Crippen LogP contribution in [0.4, 0.5) is 0 Å². The quantitative estimate of drug-likeness (QED) is 0.596. The lowest BCUT2D eigenvalue weighted by atomic mass is 9.85. The molecule has 1 aromatic heterocycles. The average Bonchev–Trinajstić information content (AvgIpc) is 3.26. The van der Waals surface area contributed by atoms with Crippen molar-refractivity contribution in [3.8, 4) is 11.5 Å². The molecular weight excluding hydrogens is 420 g/mol. The van der Waals surface area contributed by atoms with Crippen molar-refractivity contribution in [2.75, 3.05) is 28.3 Å². The number of methoxy groups -OCH3 is 2. The third-order valence-electron chi connectivity index (χ3n) is 6.16. The van der Waals surface area contributed by atoms with Crippen LogP contribution in [0.5, 0.6) is 11.5 Å². The average molecular weight is 451 g/mol. The van der Waals surface area contributed by atoms with Gasteiger partial charge in [0.25, 0.3) is 11.8 Å². The Morgan fingerprint density at radius 3 is 2.42 bits per heavy atom.